The second kappa shape index (κ2) is 15.8. The third-order valence-corrected chi connectivity index (χ3v) is 16.8. The Morgan fingerprint density at radius 3 is 1.62 bits per heavy atom. The van der Waals surface area contributed by atoms with E-state index < -0.39 is 0 Å². The summed E-state index contributed by atoms with van der Waals surface area (Å²) in [6.07, 6.45) is 0. The van der Waals surface area contributed by atoms with Crippen molar-refractivity contribution in [3.05, 3.63) is 237 Å². The number of rotatable bonds is 5. The molecule has 0 saturated carbocycles. The standard InChI is InChI=1S/C69H39N5OS/c1-2-19-47(20-3-1)73-58-24-12-10-22-50(58)53-34-45(27-30-59(53)73)67-70-68(46-26-29-52-51-23-11-13-25-63(51)76-64(52)37-46)72-69(71-67)57-39-48(38-56-65-49-21-9-8-14-40(49)28-31-62(65)75-66(56)57)74-60-35-43-17-6-4-15-41(43)32-54(60)55-33-42-16-5-7-18-44(42)36-61(55)74/h1-39H. The van der Waals surface area contributed by atoms with Crippen LogP contribution in [0, 0.1) is 0 Å². The maximum atomic E-state index is 7.13. The molecular formula is C69H39N5OS. The molecule has 5 heterocycles. The first-order chi connectivity index (χ1) is 37.6. The van der Waals surface area contributed by atoms with Crippen LogP contribution in [0.1, 0.15) is 0 Å². The van der Waals surface area contributed by atoms with Crippen molar-refractivity contribution in [3.63, 3.8) is 0 Å². The molecule has 0 unspecified atom stereocenters. The zero-order valence-electron chi connectivity index (χ0n) is 40.6. The molecule has 0 aliphatic carbocycles. The van der Waals surface area contributed by atoms with Crippen LogP contribution in [0.25, 0.3) is 164 Å². The van der Waals surface area contributed by atoms with Crippen LogP contribution in [0.2, 0.25) is 0 Å². The van der Waals surface area contributed by atoms with Gasteiger partial charge in [0.15, 0.2) is 17.5 Å². The van der Waals surface area contributed by atoms with E-state index in [4.69, 9.17) is 19.4 Å². The van der Waals surface area contributed by atoms with E-state index in [0.29, 0.717) is 17.5 Å². The molecule has 0 aliphatic heterocycles. The molecule has 76 heavy (non-hydrogen) atoms. The van der Waals surface area contributed by atoms with Crippen molar-refractivity contribution in [2.24, 2.45) is 0 Å². The molecule has 17 rings (SSSR count). The zero-order valence-corrected chi connectivity index (χ0v) is 41.4. The smallest absolute Gasteiger partial charge is 0.167 e. The Labute approximate surface area is 437 Å². The molecule has 0 atom stereocenters. The lowest BCUT2D eigenvalue weighted by Gasteiger charge is -2.13. The molecule has 0 radical (unpaired) electrons. The van der Waals surface area contributed by atoms with E-state index >= 15 is 0 Å². The molecule has 352 valence electrons. The fourth-order valence-corrected chi connectivity index (χ4v) is 13.3. The summed E-state index contributed by atoms with van der Waals surface area (Å²) < 4.78 is 14.3. The van der Waals surface area contributed by atoms with Crippen molar-refractivity contribution in [1.29, 1.82) is 0 Å². The second-order valence-corrected chi connectivity index (χ2v) is 21.0. The maximum absolute atomic E-state index is 7.13. The van der Waals surface area contributed by atoms with Gasteiger partial charge < -0.3 is 13.6 Å². The minimum absolute atomic E-state index is 0.523. The fraction of sp³-hybridized carbons (Fsp3) is 0. The van der Waals surface area contributed by atoms with Crippen LogP contribution in [0.3, 0.4) is 0 Å². The molecule has 12 aromatic carbocycles. The molecule has 0 N–H and O–H groups in total. The Balaban J connectivity index is 0.978. The predicted octanol–water partition coefficient (Wildman–Crippen LogP) is 18.8. The number of thiophene rings is 1. The minimum atomic E-state index is 0.523. The van der Waals surface area contributed by atoms with Gasteiger partial charge in [-0.3, -0.25) is 0 Å². The fourth-order valence-electron chi connectivity index (χ4n) is 12.2. The van der Waals surface area contributed by atoms with E-state index in [0.717, 1.165) is 93.6 Å². The summed E-state index contributed by atoms with van der Waals surface area (Å²) in [7, 11) is 0. The van der Waals surface area contributed by atoms with E-state index in [9.17, 15) is 0 Å². The Kier molecular flexibility index (Phi) is 8.62. The number of hydrogen-bond donors (Lipinski definition) is 0. The van der Waals surface area contributed by atoms with Gasteiger partial charge in [-0.2, -0.15) is 0 Å². The highest BCUT2D eigenvalue weighted by Gasteiger charge is 2.24. The van der Waals surface area contributed by atoms with Crippen LogP contribution in [0.15, 0.2) is 241 Å². The van der Waals surface area contributed by atoms with E-state index in [2.05, 4.69) is 246 Å². The lowest BCUT2D eigenvalue weighted by molar-refractivity contribution is 0.669. The SMILES string of the molecule is c1ccc(-n2c3ccccc3c3cc(-c4nc(-c5ccc6c(c5)sc5ccccc56)nc(-c5cc(-n6c7cc8ccccc8cc7c7cc8ccccc8cc76)cc6c5oc5ccc7ccccc7c56)n4)ccc32)cc1. The summed E-state index contributed by atoms with van der Waals surface area (Å²) in [4.78, 5) is 16.5. The molecule has 17 aromatic rings. The number of fused-ring (bicyclic) bond motifs is 16. The van der Waals surface area contributed by atoms with E-state index in [1.807, 2.05) is 0 Å². The third-order valence-electron chi connectivity index (χ3n) is 15.7. The first-order valence-electron chi connectivity index (χ1n) is 25.6. The Morgan fingerprint density at radius 1 is 0.316 bits per heavy atom. The molecule has 0 aliphatic rings. The Bertz CT molecular complexity index is 5220. The summed E-state index contributed by atoms with van der Waals surface area (Å²) in [5.74, 6) is 1.68. The number of para-hydroxylation sites is 2. The Morgan fingerprint density at radius 2 is 0.868 bits per heavy atom. The molecule has 0 spiro atoms. The Hall–Kier alpha value is -9.95. The quantitative estimate of drug-likeness (QED) is 0.172. The van der Waals surface area contributed by atoms with Gasteiger partial charge in [0.1, 0.15) is 11.2 Å². The highest BCUT2D eigenvalue weighted by Crippen LogP contribution is 2.45. The lowest BCUT2D eigenvalue weighted by atomic mass is 10.0. The van der Waals surface area contributed by atoms with Crippen molar-refractivity contribution in [1.82, 2.24) is 24.1 Å². The van der Waals surface area contributed by atoms with Gasteiger partial charge in [-0.15, -0.1) is 11.3 Å². The molecule has 0 fully saturated rings. The minimum Gasteiger partial charge on any atom is -0.455 e. The summed E-state index contributed by atoms with van der Waals surface area (Å²) in [5.41, 5.74) is 10.7. The van der Waals surface area contributed by atoms with E-state index in [-0.39, 0.29) is 0 Å². The molecule has 7 heteroatoms. The summed E-state index contributed by atoms with van der Waals surface area (Å²) in [5, 5.41) is 16.2. The van der Waals surface area contributed by atoms with Crippen molar-refractivity contribution in [2.45, 2.75) is 0 Å². The number of furan rings is 1. The van der Waals surface area contributed by atoms with E-state index in [1.54, 1.807) is 11.3 Å². The van der Waals surface area contributed by atoms with Gasteiger partial charge >= 0.3 is 0 Å². The lowest BCUT2D eigenvalue weighted by Crippen LogP contribution is -2.02. The molecule has 5 aromatic heterocycles. The van der Waals surface area contributed by atoms with Crippen LogP contribution < -0.4 is 0 Å². The van der Waals surface area contributed by atoms with Crippen LogP contribution in [0.4, 0.5) is 0 Å². The predicted molar refractivity (Wildman–Crippen MR) is 317 cm³/mol. The van der Waals surface area contributed by atoms with Crippen LogP contribution in [-0.2, 0) is 0 Å². The highest BCUT2D eigenvalue weighted by molar-refractivity contribution is 7.25. The number of benzene rings is 12. The number of hydrogen-bond acceptors (Lipinski definition) is 5. The molecule has 0 bridgehead atoms. The topological polar surface area (TPSA) is 61.7 Å². The van der Waals surface area contributed by atoms with Gasteiger partial charge in [0.2, 0.25) is 0 Å². The van der Waals surface area contributed by atoms with Gasteiger partial charge in [-0.1, -0.05) is 146 Å². The average molecular weight is 986 g/mol. The normalized spacial score (nSPS) is 12.2. The third kappa shape index (κ3) is 6.12. The van der Waals surface area contributed by atoms with Crippen LogP contribution >= 0.6 is 11.3 Å². The highest BCUT2D eigenvalue weighted by atomic mass is 32.1. The maximum Gasteiger partial charge on any atom is 0.167 e. The van der Waals surface area contributed by atoms with Gasteiger partial charge in [-0.25, -0.2) is 15.0 Å². The summed E-state index contributed by atoms with van der Waals surface area (Å²) >= 11 is 1.79. The molecule has 6 nitrogen and oxygen atoms in total. The first kappa shape index (κ1) is 41.5. The van der Waals surface area contributed by atoms with Crippen molar-refractivity contribution in [2.75, 3.05) is 0 Å². The molecule has 0 amide bonds. The van der Waals surface area contributed by atoms with Crippen molar-refractivity contribution < 1.29 is 4.42 Å². The van der Waals surface area contributed by atoms with Crippen LogP contribution in [0.5, 0.6) is 0 Å². The zero-order chi connectivity index (χ0) is 49.6. The number of aromatic nitrogens is 5. The van der Waals surface area contributed by atoms with Crippen LogP contribution in [-0.4, -0.2) is 24.1 Å². The number of nitrogens with zero attached hydrogens (tertiary/aromatic N) is 5. The van der Waals surface area contributed by atoms with E-state index in [1.165, 1.54) is 52.5 Å². The largest absolute Gasteiger partial charge is 0.455 e. The second-order valence-electron chi connectivity index (χ2n) is 19.9. The summed E-state index contributed by atoms with van der Waals surface area (Å²) in [6.45, 7) is 0. The van der Waals surface area contributed by atoms with Crippen molar-refractivity contribution in [3.8, 4) is 45.5 Å². The molecular weight excluding hydrogens is 947 g/mol. The van der Waals surface area contributed by atoms with Gasteiger partial charge in [0.25, 0.3) is 0 Å². The first-order valence-corrected chi connectivity index (χ1v) is 26.5. The molecule has 0 saturated heterocycles. The monoisotopic (exact) mass is 985 g/mol. The van der Waals surface area contributed by atoms with Gasteiger partial charge in [-0.05, 0) is 123 Å². The average Bonchev–Trinajstić information content (AvgIpc) is 4.38. The van der Waals surface area contributed by atoms with Gasteiger partial charge in [0, 0.05) is 75.0 Å². The summed E-state index contributed by atoms with van der Waals surface area (Å²) in [6, 6.07) is 85.2. The van der Waals surface area contributed by atoms with Gasteiger partial charge in [0.05, 0.1) is 27.6 Å². The van der Waals surface area contributed by atoms with Crippen molar-refractivity contribution >= 4 is 129 Å².